The predicted molar refractivity (Wildman–Crippen MR) is 85.8 cm³/mol. The summed E-state index contributed by atoms with van der Waals surface area (Å²) in [6, 6.07) is 1.19. The van der Waals surface area contributed by atoms with Crippen molar-refractivity contribution in [2.45, 2.75) is 77.9 Å². The summed E-state index contributed by atoms with van der Waals surface area (Å²) in [5.41, 5.74) is 0. The van der Waals surface area contributed by atoms with Crippen molar-refractivity contribution in [1.82, 2.24) is 0 Å². The Morgan fingerprint density at radius 3 is 1.83 bits per heavy atom. The fourth-order valence-electron chi connectivity index (χ4n) is 2.32. The van der Waals surface area contributed by atoms with E-state index in [1.54, 1.807) is 13.1 Å². The zero-order valence-corrected chi connectivity index (χ0v) is 16.3. The lowest BCUT2D eigenvalue weighted by atomic mass is 10.2. The van der Waals surface area contributed by atoms with Crippen LogP contribution in [0.4, 0.5) is 0 Å². The average molecular weight is 309 g/mol. The van der Waals surface area contributed by atoms with Crippen LogP contribution >= 0.6 is 0 Å². The standard InChI is InChI=1S/C12H32O3Si3/c1-8-9-10-11-12-16(2,3)14-18(6,7)15-17(4,5)13/h13H,8-12H2,1-7H3. The summed E-state index contributed by atoms with van der Waals surface area (Å²) in [6.07, 6.45) is 5.16. The van der Waals surface area contributed by atoms with Gasteiger partial charge in [-0.1, -0.05) is 32.6 Å². The molecule has 0 amide bonds. The Morgan fingerprint density at radius 2 is 1.39 bits per heavy atom. The van der Waals surface area contributed by atoms with Crippen molar-refractivity contribution in [1.29, 1.82) is 0 Å². The quantitative estimate of drug-likeness (QED) is 0.512. The summed E-state index contributed by atoms with van der Waals surface area (Å²) in [5.74, 6) is 0. The normalized spacial score (nSPS) is 14.0. The second kappa shape index (κ2) is 7.35. The first-order valence-corrected chi connectivity index (χ1v) is 15.9. The monoisotopic (exact) mass is 308 g/mol. The second-order valence-electron chi connectivity index (χ2n) is 6.62. The van der Waals surface area contributed by atoms with E-state index < -0.39 is 25.4 Å². The average Bonchev–Trinajstić information content (AvgIpc) is 2.06. The van der Waals surface area contributed by atoms with Gasteiger partial charge >= 0.3 is 17.1 Å². The van der Waals surface area contributed by atoms with Gasteiger partial charge in [-0.3, -0.25) is 0 Å². The van der Waals surface area contributed by atoms with Gasteiger partial charge < -0.3 is 13.0 Å². The molecule has 18 heavy (non-hydrogen) atoms. The van der Waals surface area contributed by atoms with E-state index in [-0.39, 0.29) is 0 Å². The largest absolute Gasteiger partial charge is 0.436 e. The Labute approximate surface area is 117 Å². The molecule has 0 atom stereocenters. The van der Waals surface area contributed by atoms with Crippen molar-refractivity contribution in [3.8, 4) is 0 Å². The van der Waals surface area contributed by atoms with Crippen molar-refractivity contribution >= 4 is 25.4 Å². The van der Waals surface area contributed by atoms with Crippen LogP contribution < -0.4 is 0 Å². The van der Waals surface area contributed by atoms with Gasteiger partial charge in [0.1, 0.15) is 0 Å². The van der Waals surface area contributed by atoms with E-state index in [0.717, 1.165) is 0 Å². The third-order valence-electron chi connectivity index (χ3n) is 2.65. The molecule has 1 N–H and O–H groups in total. The first-order valence-electron chi connectivity index (χ1n) is 7.10. The maximum Gasteiger partial charge on any atom is 0.320 e. The van der Waals surface area contributed by atoms with Gasteiger partial charge in [0.05, 0.1) is 0 Å². The van der Waals surface area contributed by atoms with Gasteiger partial charge in [0.15, 0.2) is 8.32 Å². The van der Waals surface area contributed by atoms with Crippen molar-refractivity contribution in [3.05, 3.63) is 0 Å². The minimum absolute atomic E-state index is 1.19. The maximum atomic E-state index is 9.88. The smallest absolute Gasteiger partial charge is 0.320 e. The molecule has 110 valence electrons. The molecule has 0 aromatic carbocycles. The highest BCUT2D eigenvalue weighted by atomic mass is 28.5. The number of hydrogen-bond donors (Lipinski definition) is 1. The summed E-state index contributed by atoms with van der Waals surface area (Å²) < 4.78 is 12.1. The summed E-state index contributed by atoms with van der Waals surface area (Å²) in [4.78, 5) is 9.88. The molecular weight excluding hydrogens is 276 g/mol. The number of rotatable bonds is 9. The molecule has 6 heteroatoms. The van der Waals surface area contributed by atoms with Crippen LogP contribution in [0.25, 0.3) is 0 Å². The third kappa shape index (κ3) is 10.5. The lowest BCUT2D eigenvalue weighted by Crippen LogP contribution is -2.52. The minimum Gasteiger partial charge on any atom is -0.436 e. The molecule has 0 aromatic heterocycles. The zero-order chi connectivity index (χ0) is 14.4. The van der Waals surface area contributed by atoms with Gasteiger partial charge in [-0.05, 0) is 45.3 Å². The van der Waals surface area contributed by atoms with E-state index in [9.17, 15) is 4.80 Å². The van der Waals surface area contributed by atoms with E-state index in [0.29, 0.717) is 0 Å². The molecule has 0 radical (unpaired) electrons. The molecule has 0 aromatic rings. The van der Waals surface area contributed by atoms with Crippen LogP contribution in [0.1, 0.15) is 32.6 Å². The van der Waals surface area contributed by atoms with Crippen molar-refractivity contribution in [2.24, 2.45) is 0 Å². The van der Waals surface area contributed by atoms with Crippen LogP contribution in [0, 0.1) is 0 Å². The van der Waals surface area contributed by atoms with Crippen molar-refractivity contribution in [2.75, 3.05) is 0 Å². The summed E-state index contributed by atoms with van der Waals surface area (Å²) >= 11 is 0. The van der Waals surface area contributed by atoms with Gasteiger partial charge in [0, 0.05) is 0 Å². The molecule has 0 saturated carbocycles. The molecule has 0 aliphatic heterocycles. The second-order valence-corrected chi connectivity index (χ2v) is 18.0. The Kier molecular flexibility index (Phi) is 7.57. The fraction of sp³-hybridized carbons (Fsp3) is 1.00. The van der Waals surface area contributed by atoms with E-state index in [4.69, 9.17) is 8.23 Å². The molecule has 0 spiro atoms. The van der Waals surface area contributed by atoms with Crippen molar-refractivity contribution in [3.63, 3.8) is 0 Å². The van der Waals surface area contributed by atoms with Crippen LogP contribution in [0.15, 0.2) is 0 Å². The highest BCUT2D eigenvalue weighted by molar-refractivity contribution is 6.86. The molecule has 0 aliphatic carbocycles. The Balaban J connectivity index is 4.20. The van der Waals surface area contributed by atoms with Gasteiger partial charge in [0.2, 0.25) is 0 Å². The summed E-state index contributed by atoms with van der Waals surface area (Å²) in [5, 5.41) is 0. The Morgan fingerprint density at radius 1 is 0.833 bits per heavy atom. The van der Waals surface area contributed by atoms with Gasteiger partial charge in [-0.15, -0.1) is 0 Å². The maximum absolute atomic E-state index is 9.88. The van der Waals surface area contributed by atoms with Crippen LogP contribution in [-0.4, -0.2) is 30.2 Å². The van der Waals surface area contributed by atoms with Gasteiger partial charge in [0.25, 0.3) is 0 Å². The molecule has 0 bridgehead atoms. The molecule has 0 aliphatic rings. The molecule has 0 unspecified atom stereocenters. The van der Waals surface area contributed by atoms with E-state index in [1.165, 1.54) is 31.7 Å². The molecule has 0 rings (SSSR count). The first-order chi connectivity index (χ1) is 7.97. The predicted octanol–water partition coefficient (Wildman–Crippen LogP) is 4.20. The van der Waals surface area contributed by atoms with Crippen LogP contribution in [0.3, 0.4) is 0 Å². The van der Waals surface area contributed by atoms with Gasteiger partial charge in [-0.25, -0.2) is 0 Å². The topological polar surface area (TPSA) is 38.7 Å². The zero-order valence-electron chi connectivity index (χ0n) is 13.3. The number of unbranched alkanes of at least 4 members (excludes halogenated alkanes) is 3. The minimum atomic E-state index is -2.48. The fourth-order valence-corrected chi connectivity index (χ4v) is 14.5. The van der Waals surface area contributed by atoms with Crippen molar-refractivity contribution < 1.29 is 13.0 Å². The van der Waals surface area contributed by atoms with Crippen LogP contribution in [0.2, 0.25) is 45.3 Å². The summed E-state index contributed by atoms with van der Waals surface area (Å²) in [6.45, 7) is 14.5. The third-order valence-corrected chi connectivity index (χ3v) is 12.3. The Hall–Kier alpha value is 0.531. The molecule has 0 fully saturated rings. The summed E-state index contributed by atoms with van der Waals surface area (Å²) in [7, 11) is -6.29. The first kappa shape index (κ1) is 18.5. The lowest BCUT2D eigenvalue weighted by Gasteiger charge is -2.36. The Bertz CT molecular complexity index is 237. The lowest BCUT2D eigenvalue weighted by molar-refractivity contribution is 0.324. The van der Waals surface area contributed by atoms with Gasteiger partial charge in [-0.2, -0.15) is 0 Å². The van der Waals surface area contributed by atoms with E-state index in [2.05, 4.69) is 33.1 Å². The highest BCUT2D eigenvalue weighted by Crippen LogP contribution is 2.23. The van der Waals surface area contributed by atoms with Crippen LogP contribution in [-0.2, 0) is 8.23 Å². The molecule has 3 nitrogen and oxygen atoms in total. The molecular formula is C12H32O3Si3. The molecule has 0 heterocycles. The van der Waals surface area contributed by atoms with E-state index in [1.807, 2.05) is 0 Å². The highest BCUT2D eigenvalue weighted by Gasteiger charge is 2.38. The van der Waals surface area contributed by atoms with E-state index >= 15 is 0 Å². The number of hydrogen-bond acceptors (Lipinski definition) is 3. The SMILES string of the molecule is CCCCCC[Si](C)(C)O[Si](C)(C)O[Si](C)(C)O. The van der Waals surface area contributed by atoms with Crippen LogP contribution in [0.5, 0.6) is 0 Å². The molecule has 0 saturated heterocycles.